The summed E-state index contributed by atoms with van der Waals surface area (Å²) in [6.45, 7) is 7.92. The molecule has 0 radical (unpaired) electrons. The van der Waals surface area contributed by atoms with E-state index >= 15 is 0 Å². The van der Waals surface area contributed by atoms with Crippen molar-refractivity contribution in [1.82, 2.24) is 10.3 Å². The summed E-state index contributed by atoms with van der Waals surface area (Å²) < 4.78 is 0. The lowest BCUT2D eigenvalue weighted by Gasteiger charge is -2.27. The van der Waals surface area contributed by atoms with Crippen molar-refractivity contribution in [2.45, 2.75) is 39.7 Å². The van der Waals surface area contributed by atoms with Crippen molar-refractivity contribution in [2.75, 3.05) is 6.54 Å². The van der Waals surface area contributed by atoms with Crippen LogP contribution in [0.2, 0.25) is 0 Å². The summed E-state index contributed by atoms with van der Waals surface area (Å²) in [6, 6.07) is 4.59. The SMILES string of the molecule is CC1=CC(C)CC(CN[C@H](C)c2ccncc2)C1. The molecule has 1 aromatic rings. The number of nitrogens with one attached hydrogen (secondary N) is 1. The van der Waals surface area contributed by atoms with Gasteiger partial charge in [0, 0.05) is 18.4 Å². The van der Waals surface area contributed by atoms with Gasteiger partial charge in [0.25, 0.3) is 0 Å². The van der Waals surface area contributed by atoms with E-state index in [9.17, 15) is 0 Å². The van der Waals surface area contributed by atoms with Crippen LogP contribution < -0.4 is 5.32 Å². The molecule has 0 spiro atoms. The summed E-state index contributed by atoms with van der Waals surface area (Å²) in [5.74, 6) is 1.52. The summed E-state index contributed by atoms with van der Waals surface area (Å²) in [7, 11) is 0. The lowest BCUT2D eigenvalue weighted by atomic mass is 9.83. The molecule has 0 fully saturated rings. The maximum atomic E-state index is 4.06. The highest BCUT2D eigenvalue weighted by molar-refractivity contribution is 5.14. The van der Waals surface area contributed by atoms with Crippen molar-refractivity contribution >= 4 is 0 Å². The van der Waals surface area contributed by atoms with Crippen LogP contribution >= 0.6 is 0 Å². The fraction of sp³-hybridized carbons (Fsp3) is 0.562. The molecular weight excluding hydrogens is 220 g/mol. The molecule has 0 bridgehead atoms. The first-order valence-corrected chi connectivity index (χ1v) is 6.95. The van der Waals surface area contributed by atoms with Gasteiger partial charge in [-0.2, -0.15) is 0 Å². The van der Waals surface area contributed by atoms with E-state index in [0.29, 0.717) is 6.04 Å². The van der Waals surface area contributed by atoms with Gasteiger partial charge in [-0.15, -0.1) is 0 Å². The van der Waals surface area contributed by atoms with E-state index in [2.05, 4.69) is 49.3 Å². The van der Waals surface area contributed by atoms with Crippen LogP contribution in [0.1, 0.15) is 45.2 Å². The van der Waals surface area contributed by atoms with Crippen LogP contribution in [-0.4, -0.2) is 11.5 Å². The maximum absolute atomic E-state index is 4.06. The largest absolute Gasteiger partial charge is 0.310 e. The Kier molecular flexibility index (Phi) is 4.54. The zero-order valence-electron chi connectivity index (χ0n) is 11.7. The highest BCUT2D eigenvalue weighted by Gasteiger charge is 2.18. The van der Waals surface area contributed by atoms with Crippen molar-refractivity contribution in [2.24, 2.45) is 11.8 Å². The zero-order valence-corrected chi connectivity index (χ0v) is 11.7. The second-order valence-corrected chi connectivity index (χ2v) is 5.71. The van der Waals surface area contributed by atoms with E-state index in [1.165, 1.54) is 18.4 Å². The van der Waals surface area contributed by atoms with Crippen molar-refractivity contribution in [3.63, 3.8) is 0 Å². The van der Waals surface area contributed by atoms with Gasteiger partial charge < -0.3 is 5.32 Å². The topological polar surface area (TPSA) is 24.9 Å². The van der Waals surface area contributed by atoms with Gasteiger partial charge in [0.2, 0.25) is 0 Å². The molecule has 0 aromatic carbocycles. The summed E-state index contributed by atoms with van der Waals surface area (Å²) >= 11 is 0. The average molecular weight is 244 g/mol. The standard InChI is InChI=1S/C16H24N2/c1-12-8-13(2)10-15(9-12)11-18-14(3)16-4-6-17-7-5-16/h4-8,12,14-15,18H,9-11H2,1-3H3/t12?,14-,15?/m1/s1. The Bertz CT molecular complexity index is 397. The molecule has 0 amide bonds. The molecule has 1 heterocycles. The van der Waals surface area contributed by atoms with Gasteiger partial charge in [0.15, 0.2) is 0 Å². The molecule has 1 aliphatic carbocycles. The Hall–Kier alpha value is -1.15. The molecule has 98 valence electrons. The number of nitrogens with zero attached hydrogens (tertiary/aromatic N) is 1. The Labute approximate surface area is 111 Å². The molecule has 2 rings (SSSR count). The van der Waals surface area contributed by atoms with Gasteiger partial charge in [0.05, 0.1) is 0 Å². The summed E-state index contributed by atoms with van der Waals surface area (Å²) in [5.41, 5.74) is 2.87. The first-order valence-electron chi connectivity index (χ1n) is 6.95. The Balaban J connectivity index is 1.83. The smallest absolute Gasteiger partial charge is 0.0293 e. The first kappa shape index (κ1) is 13.3. The van der Waals surface area contributed by atoms with Crippen molar-refractivity contribution < 1.29 is 0 Å². The first-order chi connectivity index (χ1) is 8.65. The Morgan fingerprint density at radius 1 is 1.39 bits per heavy atom. The third-order valence-electron chi connectivity index (χ3n) is 3.80. The molecule has 2 heteroatoms. The van der Waals surface area contributed by atoms with Crippen molar-refractivity contribution in [3.05, 3.63) is 41.7 Å². The predicted molar refractivity (Wildman–Crippen MR) is 76.3 cm³/mol. The molecule has 3 atom stereocenters. The quantitative estimate of drug-likeness (QED) is 0.816. The summed E-state index contributed by atoms with van der Waals surface area (Å²) in [6.07, 6.45) is 8.71. The van der Waals surface area contributed by atoms with E-state index in [4.69, 9.17) is 0 Å². The number of pyridine rings is 1. The van der Waals surface area contributed by atoms with E-state index in [-0.39, 0.29) is 0 Å². The maximum Gasteiger partial charge on any atom is 0.0293 e. The number of aromatic nitrogens is 1. The minimum absolute atomic E-state index is 0.412. The summed E-state index contributed by atoms with van der Waals surface area (Å²) in [5, 5.41) is 3.65. The van der Waals surface area contributed by atoms with E-state index in [1.807, 2.05) is 12.4 Å². The fourth-order valence-electron chi connectivity index (χ4n) is 2.96. The van der Waals surface area contributed by atoms with Gasteiger partial charge in [-0.25, -0.2) is 0 Å². The van der Waals surface area contributed by atoms with Gasteiger partial charge in [-0.05, 0) is 62.8 Å². The third-order valence-corrected chi connectivity index (χ3v) is 3.80. The van der Waals surface area contributed by atoms with Crippen LogP contribution in [0.3, 0.4) is 0 Å². The molecule has 1 N–H and O–H groups in total. The van der Waals surface area contributed by atoms with Crippen molar-refractivity contribution in [3.8, 4) is 0 Å². The number of rotatable bonds is 4. The minimum atomic E-state index is 0.412. The van der Waals surface area contributed by atoms with E-state index in [0.717, 1.165) is 18.4 Å². The number of hydrogen-bond acceptors (Lipinski definition) is 2. The number of allylic oxidation sites excluding steroid dienone is 2. The van der Waals surface area contributed by atoms with Crippen LogP contribution in [-0.2, 0) is 0 Å². The van der Waals surface area contributed by atoms with Gasteiger partial charge in [-0.3, -0.25) is 4.98 Å². The second-order valence-electron chi connectivity index (χ2n) is 5.71. The van der Waals surface area contributed by atoms with Crippen LogP contribution in [0.15, 0.2) is 36.2 Å². The molecular formula is C16H24N2. The molecule has 1 aromatic heterocycles. The highest BCUT2D eigenvalue weighted by Crippen LogP contribution is 2.27. The Morgan fingerprint density at radius 2 is 2.11 bits per heavy atom. The second kappa shape index (κ2) is 6.14. The third kappa shape index (κ3) is 3.67. The fourth-order valence-corrected chi connectivity index (χ4v) is 2.96. The van der Waals surface area contributed by atoms with Gasteiger partial charge in [-0.1, -0.05) is 18.6 Å². The van der Waals surface area contributed by atoms with Gasteiger partial charge in [0.1, 0.15) is 0 Å². The van der Waals surface area contributed by atoms with Crippen molar-refractivity contribution in [1.29, 1.82) is 0 Å². The van der Waals surface area contributed by atoms with E-state index < -0.39 is 0 Å². The van der Waals surface area contributed by atoms with Crippen LogP contribution in [0, 0.1) is 11.8 Å². The van der Waals surface area contributed by atoms with E-state index in [1.54, 1.807) is 5.57 Å². The normalized spacial score (nSPS) is 25.6. The average Bonchev–Trinajstić information content (AvgIpc) is 2.36. The molecule has 2 unspecified atom stereocenters. The molecule has 1 aliphatic rings. The minimum Gasteiger partial charge on any atom is -0.310 e. The molecule has 0 aliphatic heterocycles. The summed E-state index contributed by atoms with van der Waals surface area (Å²) in [4.78, 5) is 4.06. The molecule has 0 saturated heterocycles. The van der Waals surface area contributed by atoms with Gasteiger partial charge >= 0.3 is 0 Å². The Morgan fingerprint density at radius 3 is 2.78 bits per heavy atom. The monoisotopic (exact) mass is 244 g/mol. The highest BCUT2D eigenvalue weighted by atomic mass is 14.9. The lowest BCUT2D eigenvalue weighted by Crippen LogP contribution is -2.28. The van der Waals surface area contributed by atoms with Crippen LogP contribution in [0.5, 0.6) is 0 Å². The molecule has 18 heavy (non-hydrogen) atoms. The molecule has 0 saturated carbocycles. The van der Waals surface area contributed by atoms with Crippen LogP contribution in [0.4, 0.5) is 0 Å². The molecule has 2 nitrogen and oxygen atoms in total. The lowest BCUT2D eigenvalue weighted by molar-refractivity contribution is 0.366. The predicted octanol–water partition coefficient (Wildman–Crippen LogP) is 3.72. The zero-order chi connectivity index (χ0) is 13.0. The number of hydrogen-bond donors (Lipinski definition) is 1. The van der Waals surface area contributed by atoms with Crippen LogP contribution in [0.25, 0.3) is 0 Å².